The van der Waals surface area contributed by atoms with Crippen molar-refractivity contribution in [2.24, 2.45) is 0 Å². The highest BCUT2D eigenvalue weighted by Gasteiger charge is 2.67. The number of methoxy groups -OCH3 is 1. The van der Waals surface area contributed by atoms with Crippen LogP contribution in [0.5, 0.6) is 0 Å². The van der Waals surface area contributed by atoms with Gasteiger partial charge in [-0.2, -0.15) is 5.10 Å². The van der Waals surface area contributed by atoms with E-state index in [1.54, 1.807) is 7.11 Å². The number of para-hydroxylation sites is 1. The van der Waals surface area contributed by atoms with Crippen LogP contribution in [-0.2, 0) is 21.5 Å². The molecule has 1 amide bonds. The zero-order chi connectivity index (χ0) is 24.7. The highest BCUT2D eigenvalue weighted by molar-refractivity contribution is 6.11. The smallest absolute Gasteiger partial charge is 0.238 e. The molecule has 1 fully saturated rings. The van der Waals surface area contributed by atoms with Gasteiger partial charge < -0.3 is 15.0 Å². The van der Waals surface area contributed by atoms with E-state index in [9.17, 15) is 4.79 Å². The zero-order valence-corrected chi connectivity index (χ0v) is 20.6. The van der Waals surface area contributed by atoms with Crippen LogP contribution in [0.25, 0.3) is 23.1 Å². The number of carbonyl (C=O) groups is 1. The van der Waals surface area contributed by atoms with Crippen LogP contribution in [0.3, 0.4) is 0 Å². The molecule has 0 bridgehead atoms. The van der Waals surface area contributed by atoms with Crippen LogP contribution in [0.1, 0.15) is 40.3 Å². The molecule has 3 aromatic carbocycles. The van der Waals surface area contributed by atoms with Gasteiger partial charge in [-0.1, -0.05) is 60.7 Å². The number of carbonyl (C=O) groups excluding carboxylic acids is 1. The van der Waals surface area contributed by atoms with Crippen molar-refractivity contribution in [3.05, 3.63) is 94.7 Å². The van der Waals surface area contributed by atoms with Gasteiger partial charge in [0.05, 0.1) is 23.2 Å². The fourth-order valence-electron chi connectivity index (χ4n) is 5.68. The van der Waals surface area contributed by atoms with E-state index < -0.39 is 5.41 Å². The third-order valence-electron chi connectivity index (χ3n) is 7.60. The number of aromatic nitrogens is 2. The summed E-state index contributed by atoms with van der Waals surface area (Å²) in [6.45, 7) is 1.96. The van der Waals surface area contributed by atoms with Gasteiger partial charge in [-0.3, -0.25) is 9.89 Å². The molecule has 1 aliphatic heterocycles. The summed E-state index contributed by atoms with van der Waals surface area (Å²) in [5.41, 5.74) is 7.19. The molecule has 2 heterocycles. The first-order valence-electron chi connectivity index (χ1n) is 12.5. The number of ether oxygens (including phenoxy) is 1. The molecular weight excluding hydrogens is 448 g/mol. The molecule has 1 unspecified atom stereocenters. The van der Waals surface area contributed by atoms with E-state index in [1.807, 2.05) is 24.1 Å². The number of fused-ring (bicyclic) bond motifs is 3. The van der Waals surface area contributed by atoms with Crippen molar-refractivity contribution in [3.8, 4) is 0 Å². The SMILES string of the molecule is CNCc1ccc(/C=C/c2n[nH]c3cc(C4C[C@@]45C(=O)N(CCOC)c4ccccc45)ccc23)cc1. The summed E-state index contributed by atoms with van der Waals surface area (Å²) < 4.78 is 5.27. The molecule has 2 N–H and O–H groups in total. The number of anilines is 1. The van der Waals surface area contributed by atoms with Crippen molar-refractivity contribution in [1.29, 1.82) is 0 Å². The number of nitrogens with one attached hydrogen (secondary N) is 2. The van der Waals surface area contributed by atoms with Crippen LogP contribution in [0.2, 0.25) is 0 Å². The van der Waals surface area contributed by atoms with Gasteiger partial charge in [-0.05, 0) is 53.9 Å². The molecule has 1 aromatic heterocycles. The van der Waals surface area contributed by atoms with Gasteiger partial charge in [-0.15, -0.1) is 0 Å². The largest absolute Gasteiger partial charge is 0.383 e. The van der Waals surface area contributed by atoms with Crippen molar-refractivity contribution >= 4 is 34.6 Å². The molecular formula is C30H30N4O2. The second-order valence-corrected chi connectivity index (χ2v) is 9.71. The highest BCUT2D eigenvalue weighted by atomic mass is 16.5. The minimum atomic E-state index is -0.458. The number of hydrogen-bond acceptors (Lipinski definition) is 4. The minimum Gasteiger partial charge on any atom is -0.383 e. The summed E-state index contributed by atoms with van der Waals surface area (Å²) >= 11 is 0. The summed E-state index contributed by atoms with van der Waals surface area (Å²) in [6, 6.07) is 23.2. The van der Waals surface area contributed by atoms with E-state index in [2.05, 4.69) is 82.3 Å². The molecule has 36 heavy (non-hydrogen) atoms. The van der Waals surface area contributed by atoms with Crippen LogP contribution >= 0.6 is 0 Å². The average molecular weight is 479 g/mol. The van der Waals surface area contributed by atoms with E-state index >= 15 is 0 Å². The monoisotopic (exact) mass is 478 g/mol. The lowest BCUT2D eigenvalue weighted by atomic mass is 9.92. The number of aromatic amines is 1. The number of rotatable bonds is 8. The summed E-state index contributed by atoms with van der Waals surface area (Å²) in [6.07, 6.45) is 4.97. The standard InChI is InChI=1S/C30H30N4O2/c1-31-19-21-9-7-20(8-10-21)11-14-26-23-13-12-22(17-27(23)33-32-26)25-18-30(25)24-5-3-4-6-28(24)34(29(30)35)15-16-36-2/h3-14,17,25,31H,15-16,18-19H2,1-2H3,(H,32,33)/b14-11+/t25?,30-/m0/s1. The third kappa shape index (κ3) is 3.65. The molecule has 4 aromatic rings. The van der Waals surface area contributed by atoms with Gasteiger partial charge >= 0.3 is 0 Å². The third-order valence-corrected chi connectivity index (χ3v) is 7.60. The predicted octanol–water partition coefficient (Wildman–Crippen LogP) is 4.87. The predicted molar refractivity (Wildman–Crippen MR) is 144 cm³/mol. The Balaban J connectivity index is 1.25. The molecule has 2 aliphatic rings. The maximum absolute atomic E-state index is 13.6. The molecule has 1 aliphatic carbocycles. The number of amides is 1. The van der Waals surface area contributed by atoms with Crippen molar-refractivity contribution in [3.63, 3.8) is 0 Å². The van der Waals surface area contributed by atoms with E-state index in [1.165, 1.54) is 11.1 Å². The van der Waals surface area contributed by atoms with Crippen LogP contribution in [0.15, 0.2) is 66.7 Å². The first-order valence-corrected chi connectivity index (χ1v) is 12.5. The lowest BCUT2D eigenvalue weighted by molar-refractivity contribution is -0.120. The Labute approximate surface area is 211 Å². The molecule has 2 atom stereocenters. The van der Waals surface area contributed by atoms with Gasteiger partial charge in [0.15, 0.2) is 0 Å². The number of H-pyrrole nitrogens is 1. The van der Waals surface area contributed by atoms with Gasteiger partial charge in [0.1, 0.15) is 0 Å². The van der Waals surface area contributed by atoms with E-state index in [4.69, 9.17) is 4.74 Å². The second-order valence-electron chi connectivity index (χ2n) is 9.71. The number of benzene rings is 3. The molecule has 6 rings (SSSR count). The van der Waals surface area contributed by atoms with Crippen molar-refractivity contribution in [2.45, 2.75) is 24.3 Å². The van der Waals surface area contributed by atoms with Crippen LogP contribution in [0.4, 0.5) is 5.69 Å². The molecule has 6 heteroatoms. The maximum atomic E-state index is 13.6. The molecule has 6 nitrogen and oxygen atoms in total. The van der Waals surface area contributed by atoms with Gasteiger partial charge in [0.25, 0.3) is 0 Å². The fraction of sp³-hybridized carbons (Fsp3) is 0.267. The lowest BCUT2D eigenvalue weighted by Gasteiger charge is -2.17. The van der Waals surface area contributed by atoms with Crippen LogP contribution in [0, 0.1) is 0 Å². The first-order chi connectivity index (χ1) is 17.7. The van der Waals surface area contributed by atoms with Crippen molar-refractivity contribution in [2.75, 3.05) is 32.2 Å². The van der Waals surface area contributed by atoms with E-state index in [0.29, 0.717) is 13.2 Å². The summed E-state index contributed by atoms with van der Waals surface area (Å²) in [4.78, 5) is 15.5. The fourth-order valence-corrected chi connectivity index (χ4v) is 5.68. The molecule has 0 saturated heterocycles. The Morgan fingerprint density at radius 3 is 2.78 bits per heavy atom. The Bertz CT molecular complexity index is 1460. The normalized spacial score (nSPS) is 20.7. The van der Waals surface area contributed by atoms with Gasteiger partial charge in [0.2, 0.25) is 5.91 Å². The van der Waals surface area contributed by atoms with E-state index in [0.717, 1.165) is 46.4 Å². The Morgan fingerprint density at radius 2 is 1.97 bits per heavy atom. The summed E-state index contributed by atoms with van der Waals surface area (Å²) in [5, 5.41) is 12.0. The van der Waals surface area contributed by atoms with Crippen LogP contribution in [-0.4, -0.2) is 43.4 Å². The Morgan fingerprint density at radius 1 is 1.14 bits per heavy atom. The molecule has 1 spiro atoms. The molecule has 0 radical (unpaired) electrons. The van der Waals surface area contributed by atoms with Crippen LogP contribution < -0.4 is 10.2 Å². The van der Waals surface area contributed by atoms with Gasteiger partial charge in [0, 0.05) is 37.2 Å². The van der Waals surface area contributed by atoms with Gasteiger partial charge in [-0.25, -0.2) is 0 Å². The topological polar surface area (TPSA) is 70.2 Å². The highest BCUT2D eigenvalue weighted by Crippen LogP contribution is 2.66. The van der Waals surface area contributed by atoms with Crippen molar-refractivity contribution < 1.29 is 9.53 Å². The maximum Gasteiger partial charge on any atom is 0.238 e. The molecule has 182 valence electrons. The second kappa shape index (κ2) is 9.04. The summed E-state index contributed by atoms with van der Waals surface area (Å²) in [5.74, 6) is 0.362. The quantitative estimate of drug-likeness (QED) is 0.379. The minimum absolute atomic E-state index is 0.168. The Kier molecular flexibility index (Phi) is 5.70. The van der Waals surface area contributed by atoms with E-state index in [-0.39, 0.29) is 11.8 Å². The lowest BCUT2D eigenvalue weighted by Crippen LogP contribution is -2.35. The zero-order valence-electron chi connectivity index (χ0n) is 20.6. The number of nitrogens with zero attached hydrogens (tertiary/aromatic N) is 2. The number of hydrogen-bond donors (Lipinski definition) is 2. The first kappa shape index (κ1) is 22.7. The molecule has 1 saturated carbocycles. The average Bonchev–Trinajstić information content (AvgIpc) is 3.47. The summed E-state index contributed by atoms with van der Waals surface area (Å²) in [7, 11) is 3.62. The van der Waals surface area contributed by atoms with Crippen molar-refractivity contribution in [1.82, 2.24) is 15.5 Å². The Hall–Kier alpha value is -3.74.